The number of ether oxygens (including phenoxy) is 1. The van der Waals surface area contributed by atoms with E-state index in [9.17, 15) is 10.2 Å². The van der Waals surface area contributed by atoms with Gasteiger partial charge in [0.1, 0.15) is 24.1 Å². The maximum absolute atomic E-state index is 10.2. The molecule has 0 saturated heterocycles. The normalized spacial score (nSPS) is 26.1. The number of fused-ring (bicyclic) bond motifs is 1. The molecule has 3 atom stereocenters. The topological polar surface area (TPSA) is 119 Å². The molecule has 0 amide bonds. The summed E-state index contributed by atoms with van der Waals surface area (Å²) in [6.45, 7) is 0.262. The van der Waals surface area contributed by atoms with E-state index in [1.807, 2.05) is 0 Å². The first-order valence-electron chi connectivity index (χ1n) is 6.12. The summed E-state index contributed by atoms with van der Waals surface area (Å²) >= 11 is 0. The highest BCUT2D eigenvalue weighted by Crippen LogP contribution is 2.31. The number of nitrogens with zero attached hydrogens (tertiary/aromatic N) is 4. The number of methoxy groups -OCH3 is 1. The Kier molecular flexibility index (Phi) is 3.13. The van der Waals surface area contributed by atoms with Crippen molar-refractivity contribution < 1.29 is 14.9 Å². The van der Waals surface area contributed by atoms with Crippen LogP contribution in [-0.2, 0) is 4.74 Å². The molecule has 0 aromatic carbocycles. The molecule has 0 bridgehead atoms. The zero-order valence-corrected chi connectivity index (χ0v) is 10.8. The van der Waals surface area contributed by atoms with Gasteiger partial charge in [0.05, 0.1) is 19.0 Å². The Labute approximate surface area is 114 Å². The summed E-state index contributed by atoms with van der Waals surface area (Å²) in [5, 5.41) is 20.2. The monoisotopic (exact) mass is 277 g/mol. The van der Waals surface area contributed by atoms with Gasteiger partial charge in [-0.1, -0.05) is 6.08 Å². The van der Waals surface area contributed by atoms with Gasteiger partial charge in [-0.05, 0) is 5.57 Å². The van der Waals surface area contributed by atoms with Crippen LogP contribution in [0.25, 0.3) is 11.2 Å². The van der Waals surface area contributed by atoms with Gasteiger partial charge in [0, 0.05) is 7.11 Å². The lowest BCUT2D eigenvalue weighted by Gasteiger charge is -2.18. The molecule has 3 rings (SSSR count). The SMILES string of the molecule is COCC1=CC(n2cnc3c(N)ncnc32)C(O)C1O. The zero-order chi connectivity index (χ0) is 14.3. The average molecular weight is 277 g/mol. The highest BCUT2D eigenvalue weighted by Gasteiger charge is 2.36. The number of nitrogen functional groups attached to an aromatic ring is 1. The predicted molar refractivity (Wildman–Crippen MR) is 70.7 cm³/mol. The molecule has 8 nitrogen and oxygen atoms in total. The van der Waals surface area contributed by atoms with Crippen LogP contribution < -0.4 is 5.73 Å². The number of hydrogen-bond donors (Lipinski definition) is 3. The summed E-state index contributed by atoms with van der Waals surface area (Å²) in [5.41, 5.74) is 7.36. The molecule has 0 aliphatic heterocycles. The smallest absolute Gasteiger partial charge is 0.166 e. The van der Waals surface area contributed by atoms with E-state index in [1.165, 1.54) is 19.8 Å². The summed E-state index contributed by atoms with van der Waals surface area (Å²) < 4.78 is 6.68. The average Bonchev–Trinajstić information content (AvgIpc) is 2.97. The van der Waals surface area contributed by atoms with Crippen molar-refractivity contribution in [3.63, 3.8) is 0 Å². The van der Waals surface area contributed by atoms with E-state index in [0.717, 1.165) is 0 Å². The fraction of sp³-hybridized carbons (Fsp3) is 0.417. The van der Waals surface area contributed by atoms with Crippen molar-refractivity contribution in [2.24, 2.45) is 0 Å². The van der Waals surface area contributed by atoms with E-state index in [-0.39, 0.29) is 12.4 Å². The van der Waals surface area contributed by atoms with Gasteiger partial charge in [-0.15, -0.1) is 0 Å². The quantitative estimate of drug-likeness (QED) is 0.632. The van der Waals surface area contributed by atoms with Crippen LogP contribution in [0.5, 0.6) is 0 Å². The Morgan fingerprint density at radius 2 is 2.15 bits per heavy atom. The minimum absolute atomic E-state index is 0.262. The van der Waals surface area contributed by atoms with Gasteiger partial charge in [0.2, 0.25) is 0 Å². The highest BCUT2D eigenvalue weighted by molar-refractivity contribution is 5.81. The molecule has 2 heterocycles. The Balaban J connectivity index is 2.05. The van der Waals surface area contributed by atoms with Gasteiger partial charge in [-0.2, -0.15) is 0 Å². The van der Waals surface area contributed by atoms with Gasteiger partial charge >= 0.3 is 0 Å². The third-order valence-electron chi connectivity index (χ3n) is 3.46. The van der Waals surface area contributed by atoms with Crippen molar-refractivity contribution in [1.29, 1.82) is 0 Å². The Morgan fingerprint density at radius 1 is 1.35 bits per heavy atom. The molecule has 20 heavy (non-hydrogen) atoms. The van der Waals surface area contributed by atoms with Crippen LogP contribution in [0.15, 0.2) is 24.3 Å². The molecule has 4 N–H and O–H groups in total. The molecule has 1 aliphatic carbocycles. The van der Waals surface area contributed by atoms with Gasteiger partial charge in [-0.25, -0.2) is 15.0 Å². The second kappa shape index (κ2) is 4.82. The van der Waals surface area contributed by atoms with E-state index in [1.54, 1.807) is 10.6 Å². The molecule has 3 unspecified atom stereocenters. The maximum Gasteiger partial charge on any atom is 0.166 e. The second-order valence-corrected chi connectivity index (χ2v) is 4.68. The summed E-state index contributed by atoms with van der Waals surface area (Å²) in [6.07, 6.45) is 2.69. The van der Waals surface area contributed by atoms with Crippen molar-refractivity contribution >= 4 is 17.0 Å². The fourth-order valence-electron chi connectivity index (χ4n) is 2.46. The van der Waals surface area contributed by atoms with Crippen LogP contribution >= 0.6 is 0 Å². The molecule has 0 radical (unpaired) electrons. The second-order valence-electron chi connectivity index (χ2n) is 4.68. The number of anilines is 1. The van der Waals surface area contributed by atoms with Crippen molar-refractivity contribution in [3.05, 3.63) is 24.3 Å². The van der Waals surface area contributed by atoms with E-state index in [0.29, 0.717) is 16.7 Å². The third-order valence-corrected chi connectivity index (χ3v) is 3.46. The first-order chi connectivity index (χ1) is 9.63. The van der Waals surface area contributed by atoms with E-state index in [4.69, 9.17) is 10.5 Å². The molecule has 1 aliphatic rings. The Morgan fingerprint density at radius 3 is 2.90 bits per heavy atom. The number of aromatic nitrogens is 4. The minimum Gasteiger partial charge on any atom is -0.388 e. The van der Waals surface area contributed by atoms with Crippen LogP contribution in [-0.4, -0.2) is 55.7 Å². The summed E-state index contributed by atoms with van der Waals surface area (Å²) in [6, 6.07) is -0.463. The van der Waals surface area contributed by atoms with Crippen LogP contribution in [0.3, 0.4) is 0 Å². The number of hydrogen-bond acceptors (Lipinski definition) is 7. The number of rotatable bonds is 3. The lowest BCUT2D eigenvalue weighted by molar-refractivity contribution is 0.0270. The number of nitrogens with two attached hydrogens (primary N) is 1. The van der Waals surface area contributed by atoms with Gasteiger partial charge in [0.25, 0.3) is 0 Å². The number of aliphatic hydroxyl groups excluding tert-OH is 2. The summed E-state index contributed by atoms with van der Waals surface area (Å²) in [5.74, 6) is 0.280. The van der Waals surface area contributed by atoms with E-state index >= 15 is 0 Å². The molecule has 0 fully saturated rings. The van der Waals surface area contributed by atoms with Gasteiger partial charge in [-0.3, -0.25) is 0 Å². The summed E-state index contributed by atoms with van der Waals surface area (Å²) in [7, 11) is 1.54. The first-order valence-corrected chi connectivity index (χ1v) is 6.12. The molecule has 106 valence electrons. The largest absolute Gasteiger partial charge is 0.388 e. The molecule has 0 spiro atoms. The van der Waals surface area contributed by atoms with E-state index in [2.05, 4.69) is 15.0 Å². The first kappa shape index (κ1) is 13.0. The molecule has 0 saturated carbocycles. The number of imidazole rings is 1. The van der Waals surface area contributed by atoms with Crippen LogP contribution in [0.1, 0.15) is 6.04 Å². The van der Waals surface area contributed by atoms with Crippen molar-refractivity contribution in [2.45, 2.75) is 18.2 Å². The lowest BCUT2D eigenvalue weighted by Crippen LogP contribution is -2.30. The van der Waals surface area contributed by atoms with Crippen LogP contribution in [0.2, 0.25) is 0 Å². The Bertz CT molecular complexity index is 668. The molecule has 2 aromatic rings. The number of aliphatic hydroxyl groups is 2. The van der Waals surface area contributed by atoms with Gasteiger partial charge < -0.3 is 25.3 Å². The van der Waals surface area contributed by atoms with Crippen LogP contribution in [0.4, 0.5) is 5.82 Å². The maximum atomic E-state index is 10.2. The molecule has 8 heteroatoms. The lowest BCUT2D eigenvalue weighted by atomic mass is 10.1. The Hall–Kier alpha value is -2.03. The molecular formula is C12H15N5O3. The summed E-state index contributed by atoms with van der Waals surface area (Å²) in [4.78, 5) is 12.2. The molecular weight excluding hydrogens is 262 g/mol. The minimum atomic E-state index is -0.978. The predicted octanol–water partition coefficient (Wildman–Crippen LogP) is -0.742. The van der Waals surface area contributed by atoms with Crippen molar-refractivity contribution in [2.75, 3.05) is 19.5 Å². The van der Waals surface area contributed by atoms with Gasteiger partial charge in [0.15, 0.2) is 11.5 Å². The highest BCUT2D eigenvalue weighted by atomic mass is 16.5. The van der Waals surface area contributed by atoms with Crippen LogP contribution in [0, 0.1) is 0 Å². The standard InChI is InChI=1S/C12H15N5O3/c1-20-3-6-2-7(10(19)9(6)18)17-5-16-8-11(13)14-4-15-12(8)17/h2,4-5,7,9-10,18-19H,3H2,1H3,(H2,13,14,15). The van der Waals surface area contributed by atoms with E-state index < -0.39 is 18.2 Å². The third kappa shape index (κ3) is 1.85. The zero-order valence-electron chi connectivity index (χ0n) is 10.8. The van der Waals surface area contributed by atoms with Crippen molar-refractivity contribution in [1.82, 2.24) is 19.5 Å². The fourth-order valence-corrected chi connectivity index (χ4v) is 2.46. The molecule has 2 aromatic heterocycles. The van der Waals surface area contributed by atoms with Crippen molar-refractivity contribution in [3.8, 4) is 0 Å².